The maximum atomic E-state index is 12.5. The number of amides is 1. The number of nitrogens with one attached hydrogen (secondary N) is 2. The van der Waals surface area contributed by atoms with Gasteiger partial charge in [0.1, 0.15) is 4.21 Å². The Labute approximate surface area is 157 Å². The zero-order valence-corrected chi connectivity index (χ0v) is 16.1. The molecule has 3 rings (SSSR count). The van der Waals surface area contributed by atoms with E-state index in [2.05, 4.69) is 22.2 Å². The Balaban J connectivity index is 1.78. The molecule has 8 heteroatoms. The average molecular weight is 392 g/mol. The molecule has 1 aliphatic rings. The lowest BCUT2D eigenvalue weighted by atomic mass is 9.89. The van der Waals surface area contributed by atoms with Crippen molar-refractivity contribution in [2.45, 2.75) is 36.8 Å². The van der Waals surface area contributed by atoms with Crippen LogP contribution in [0.3, 0.4) is 0 Å². The van der Waals surface area contributed by atoms with E-state index in [1.54, 1.807) is 35.7 Å². The van der Waals surface area contributed by atoms with E-state index in [4.69, 9.17) is 0 Å². The Bertz CT molecular complexity index is 906. The third kappa shape index (κ3) is 4.31. The third-order valence-corrected chi connectivity index (χ3v) is 7.13. The van der Waals surface area contributed by atoms with E-state index < -0.39 is 15.9 Å². The molecule has 0 aliphatic heterocycles. The van der Waals surface area contributed by atoms with Crippen molar-refractivity contribution in [2.24, 2.45) is 11.0 Å². The lowest BCUT2D eigenvalue weighted by Crippen LogP contribution is -2.25. The lowest BCUT2D eigenvalue weighted by molar-refractivity contribution is 0.0955. The van der Waals surface area contributed by atoms with Gasteiger partial charge < -0.3 is 0 Å². The minimum atomic E-state index is -3.72. The second-order valence-electron chi connectivity index (χ2n) is 6.27. The van der Waals surface area contributed by atoms with Crippen LogP contribution in [-0.2, 0) is 10.0 Å². The Morgan fingerprint density at radius 2 is 2.00 bits per heavy atom. The predicted molar refractivity (Wildman–Crippen MR) is 104 cm³/mol. The molecule has 2 aromatic rings. The van der Waals surface area contributed by atoms with Gasteiger partial charge in [-0.15, -0.1) is 11.3 Å². The SMILES string of the molecule is CC1CCCC/C1=N\NC(=O)c1ccccc1NS(=O)(=O)c1cccs1. The van der Waals surface area contributed by atoms with Crippen molar-refractivity contribution in [1.82, 2.24) is 5.43 Å². The van der Waals surface area contributed by atoms with Gasteiger partial charge in [0.2, 0.25) is 0 Å². The number of carbonyl (C=O) groups is 1. The van der Waals surface area contributed by atoms with Crippen LogP contribution >= 0.6 is 11.3 Å². The summed E-state index contributed by atoms with van der Waals surface area (Å²) < 4.78 is 27.5. The molecule has 1 aromatic carbocycles. The van der Waals surface area contributed by atoms with Crippen LogP contribution in [0.1, 0.15) is 43.0 Å². The molecule has 2 N–H and O–H groups in total. The number of rotatable bonds is 5. The van der Waals surface area contributed by atoms with Crippen LogP contribution < -0.4 is 10.1 Å². The van der Waals surface area contributed by atoms with Crippen molar-refractivity contribution in [3.05, 3.63) is 47.3 Å². The van der Waals surface area contributed by atoms with E-state index in [1.165, 1.54) is 12.5 Å². The summed E-state index contributed by atoms with van der Waals surface area (Å²) in [5.41, 5.74) is 4.03. The van der Waals surface area contributed by atoms with E-state index in [0.29, 0.717) is 5.92 Å². The topological polar surface area (TPSA) is 87.6 Å². The summed E-state index contributed by atoms with van der Waals surface area (Å²) in [6.07, 6.45) is 4.22. The number of hydrogen-bond donors (Lipinski definition) is 2. The fraction of sp³-hybridized carbons (Fsp3) is 0.333. The Hall–Kier alpha value is -2.19. The summed E-state index contributed by atoms with van der Waals surface area (Å²) in [5.74, 6) is -0.0728. The minimum Gasteiger partial charge on any atom is -0.278 e. The number of sulfonamides is 1. The molecule has 1 heterocycles. The van der Waals surface area contributed by atoms with Crippen LogP contribution in [0.25, 0.3) is 0 Å². The number of carbonyl (C=O) groups excluding carboxylic acids is 1. The highest BCUT2D eigenvalue weighted by Gasteiger charge is 2.20. The summed E-state index contributed by atoms with van der Waals surface area (Å²) in [6.45, 7) is 2.10. The molecule has 26 heavy (non-hydrogen) atoms. The van der Waals surface area contributed by atoms with Crippen LogP contribution in [0.5, 0.6) is 0 Å². The first kappa shape index (κ1) is 18.6. The smallest absolute Gasteiger partial charge is 0.273 e. The molecule has 1 aliphatic carbocycles. The molecule has 1 aromatic heterocycles. The summed E-state index contributed by atoms with van der Waals surface area (Å²) in [6, 6.07) is 9.69. The van der Waals surface area contributed by atoms with Gasteiger partial charge in [-0.25, -0.2) is 13.8 Å². The van der Waals surface area contributed by atoms with E-state index in [-0.39, 0.29) is 15.5 Å². The molecule has 1 amide bonds. The molecule has 1 unspecified atom stereocenters. The van der Waals surface area contributed by atoms with Gasteiger partial charge in [0.05, 0.1) is 11.3 Å². The van der Waals surface area contributed by atoms with E-state index in [1.807, 2.05) is 0 Å². The molecule has 0 bridgehead atoms. The monoisotopic (exact) mass is 391 g/mol. The highest BCUT2D eigenvalue weighted by molar-refractivity contribution is 7.94. The average Bonchev–Trinajstić information content (AvgIpc) is 3.17. The molecule has 0 radical (unpaired) electrons. The van der Waals surface area contributed by atoms with Crippen molar-refractivity contribution >= 4 is 38.7 Å². The third-order valence-electron chi connectivity index (χ3n) is 4.37. The number of hydrazone groups is 1. The number of nitrogens with zero attached hydrogens (tertiary/aromatic N) is 1. The highest BCUT2D eigenvalue weighted by Crippen LogP contribution is 2.23. The summed E-state index contributed by atoms with van der Waals surface area (Å²) in [4.78, 5) is 12.5. The second-order valence-corrected chi connectivity index (χ2v) is 9.13. The van der Waals surface area contributed by atoms with Crippen LogP contribution in [-0.4, -0.2) is 20.0 Å². The van der Waals surface area contributed by atoms with Crippen molar-refractivity contribution in [1.29, 1.82) is 0 Å². The molecular weight excluding hydrogens is 370 g/mol. The Morgan fingerprint density at radius 3 is 2.73 bits per heavy atom. The summed E-state index contributed by atoms with van der Waals surface area (Å²) in [5, 5.41) is 5.96. The van der Waals surface area contributed by atoms with Crippen molar-refractivity contribution < 1.29 is 13.2 Å². The highest BCUT2D eigenvalue weighted by atomic mass is 32.2. The van der Waals surface area contributed by atoms with Crippen molar-refractivity contribution in [3.63, 3.8) is 0 Å². The van der Waals surface area contributed by atoms with E-state index in [9.17, 15) is 13.2 Å². The molecule has 1 saturated carbocycles. The quantitative estimate of drug-likeness (QED) is 0.759. The zero-order chi connectivity index (χ0) is 18.6. The van der Waals surface area contributed by atoms with Gasteiger partial charge in [-0.1, -0.05) is 31.5 Å². The van der Waals surface area contributed by atoms with Gasteiger partial charge in [0.15, 0.2) is 0 Å². The first-order chi connectivity index (χ1) is 12.5. The molecule has 0 saturated heterocycles. The van der Waals surface area contributed by atoms with E-state index in [0.717, 1.165) is 36.3 Å². The van der Waals surface area contributed by atoms with Crippen molar-refractivity contribution in [2.75, 3.05) is 4.72 Å². The summed E-state index contributed by atoms with van der Waals surface area (Å²) in [7, 11) is -3.72. The summed E-state index contributed by atoms with van der Waals surface area (Å²) >= 11 is 1.12. The molecule has 6 nitrogen and oxygen atoms in total. The first-order valence-corrected chi connectivity index (χ1v) is 10.9. The maximum Gasteiger partial charge on any atom is 0.273 e. The van der Waals surface area contributed by atoms with Crippen LogP contribution in [0.15, 0.2) is 51.1 Å². The van der Waals surface area contributed by atoms with Crippen LogP contribution in [0, 0.1) is 5.92 Å². The normalized spacial score (nSPS) is 19.3. The first-order valence-electron chi connectivity index (χ1n) is 8.49. The van der Waals surface area contributed by atoms with Crippen LogP contribution in [0.2, 0.25) is 0 Å². The van der Waals surface area contributed by atoms with Gasteiger partial charge in [-0.05, 0) is 48.8 Å². The van der Waals surface area contributed by atoms with Crippen LogP contribution in [0.4, 0.5) is 5.69 Å². The van der Waals surface area contributed by atoms with Gasteiger partial charge in [-0.2, -0.15) is 5.10 Å². The molecule has 138 valence electrons. The standard InChI is InChI=1S/C18H21N3O3S2/c1-13-7-2-4-9-15(13)19-20-18(22)14-8-3-5-10-16(14)21-26(23,24)17-11-6-12-25-17/h3,5-6,8,10-13,21H,2,4,7,9H2,1H3,(H,20,22)/b19-15+. The van der Waals surface area contributed by atoms with Crippen molar-refractivity contribution in [3.8, 4) is 0 Å². The second kappa shape index (κ2) is 8.01. The number of anilines is 1. The molecule has 1 fully saturated rings. The van der Waals surface area contributed by atoms with Gasteiger partial charge >= 0.3 is 0 Å². The van der Waals surface area contributed by atoms with E-state index >= 15 is 0 Å². The number of hydrogen-bond acceptors (Lipinski definition) is 5. The number of benzene rings is 1. The lowest BCUT2D eigenvalue weighted by Gasteiger charge is -2.20. The fourth-order valence-electron chi connectivity index (χ4n) is 2.90. The van der Waals surface area contributed by atoms with Gasteiger partial charge in [-0.3, -0.25) is 9.52 Å². The van der Waals surface area contributed by atoms with Gasteiger partial charge in [0.25, 0.3) is 15.9 Å². The fourth-order valence-corrected chi connectivity index (χ4v) is 4.97. The largest absolute Gasteiger partial charge is 0.278 e. The Kier molecular flexibility index (Phi) is 5.73. The molecular formula is C18H21N3O3S2. The number of thiophene rings is 1. The Morgan fingerprint density at radius 1 is 1.19 bits per heavy atom. The zero-order valence-electron chi connectivity index (χ0n) is 14.4. The molecule has 1 atom stereocenters. The van der Waals surface area contributed by atoms with Gasteiger partial charge in [0, 0.05) is 5.71 Å². The predicted octanol–water partition coefficient (Wildman–Crippen LogP) is 3.84. The maximum absolute atomic E-state index is 12.5. The number of para-hydroxylation sites is 1. The molecule has 0 spiro atoms. The minimum absolute atomic E-state index is 0.198.